The number of nitrogens with two attached hydrogens (primary N) is 1. The summed E-state index contributed by atoms with van der Waals surface area (Å²) in [4.78, 5) is 11.9. The van der Waals surface area contributed by atoms with Crippen LogP contribution in [-0.4, -0.2) is 5.78 Å². The quantitative estimate of drug-likeness (QED) is 0.669. The molecule has 0 atom stereocenters. The zero-order valence-electron chi connectivity index (χ0n) is 9.49. The molecule has 0 unspecified atom stereocenters. The molecule has 2 N–H and O–H groups in total. The molecule has 0 aliphatic heterocycles. The Morgan fingerprint density at radius 2 is 1.72 bits per heavy atom. The van der Waals surface area contributed by atoms with Gasteiger partial charge < -0.3 is 5.73 Å². The van der Waals surface area contributed by atoms with Gasteiger partial charge in [0.15, 0.2) is 11.6 Å². The highest BCUT2D eigenvalue weighted by Crippen LogP contribution is 2.17. The van der Waals surface area contributed by atoms with E-state index in [1.165, 1.54) is 42.5 Å². The van der Waals surface area contributed by atoms with E-state index in [4.69, 9.17) is 5.73 Å². The van der Waals surface area contributed by atoms with Gasteiger partial charge in [-0.3, -0.25) is 4.79 Å². The van der Waals surface area contributed by atoms with Crippen LogP contribution >= 0.6 is 0 Å². The van der Waals surface area contributed by atoms with Crippen molar-refractivity contribution < 1.29 is 13.6 Å². The number of carbonyl (C=O) groups is 1. The molecular weight excluding hydrogens is 236 g/mol. The van der Waals surface area contributed by atoms with E-state index in [1.54, 1.807) is 0 Å². The van der Waals surface area contributed by atoms with Crippen LogP contribution in [0.5, 0.6) is 0 Å². The van der Waals surface area contributed by atoms with Crippen molar-refractivity contribution >= 4 is 11.5 Å². The Labute approximate surface area is 103 Å². The minimum atomic E-state index is -0.704. The summed E-state index contributed by atoms with van der Waals surface area (Å²) < 4.78 is 26.3. The average Bonchev–Trinajstić information content (AvgIpc) is 2.35. The van der Waals surface area contributed by atoms with Crippen molar-refractivity contribution in [2.45, 2.75) is 6.42 Å². The maximum atomic E-state index is 13.6. The Balaban J connectivity index is 2.22. The van der Waals surface area contributed by atoms with Gasteiger partial charge in [0.05, 0.1) is 11.3 Å². The van der Waals surface area contributed by atoms with Gasteiger partial charge in [-0.25, -0.2) is 8.78 Å². The summed E-state index contributed by atoms with van der Waals surface area (Å²) >= 11 is 0. The molecule has 4 heteroatoms. The molecule has 18 heavy (non-hydrogen) atoms. The number of Topliss-reactive ketones (excluding diaryl/α,β-unsaturated/α-hetero) is 1. The molecule has 0 aliphatic rings. The van der Waals surface area contributed by atoms with Gasteiger partial charge in [0.25, 0.3) is 0 Å². The van der Waals surface area contributed by atoms with E-state index < -0.39 is 5.82 Å². The molecule has 2 aromatic rings. The summed E-state index contributed by atoms with van der Waals surface area (Å²) in [6.45, 7) is 0. The number of halogens is 2. The number of hydrogen-bond donors (Lipinski definition) is 1. The van der Waals surface area contributed by atoms with Gasteiger partial charge in [-0.15, -0.1) is 0 Å². The lowest BCUT2D eigenvalue weighted by Gasteiger charge is -2.04. The zero-order valence-corrected chi connectivity index (χ0v) is 9.49. The predicted molar refractivity (Wildman–Crippen MR) is 65.2 cm³/mol. The summed E-state index contributed by atoms with van der Waals surface area (Å²) in [5.74, 6) is -1.46. The summed E-state index contributed by atoms with van der Waals surface area (Å²) in [7, 11) is 0. The topological polar surface area (TPSA) is 43.1 Å². The Morgan fingerprint density at radius 1 is 1.06 bits per heavy atom. The fraction of sp³-hybridized carbons (Fsp3) is 0.0714. The van der Waals surface area contributed by atoms with E-state index in [2.05, 4.69) is 0 Å². The van der Waals surface area contributed by atoms with E-state index in [0.717, 1.165) is 0 Å². The first-order chi connectivity index (χ1) is 8.58. The monoisotopic (exact) mass is 247 g/mol. The molecule has 0 aliphatic carbocycles. The number of ketones is 1. The normalized spacial score (nSPS) is 10.3. The molecule has 2 aromatic carbocycles. The van der Waals surface area contributed by atoms with Crippen LogP contribution in [0.1, 0.15) is 15.9 Å². The second-order valence-electron chi connectivity index (χ2n) is 3.94. The van der Waals surface area contributed by atoms with Crippen LogP contribution in [0.2, 0.25) is 0 Å². The van der Waals surface area contributed by atoms with E-state index in [1.807, 2.05) is 0 Å². The first-order valence-electron chi connectivity index (χ1n) is 5.39. The first kappa shape index (κ1) is 12.2. The van der Waals surface area contributed by atoms with Gasteiger partial charge in [-0.1, -0.05) is 18.2 Å². The fourth-order valence-electron chi connectivity index (χ4n) is 1.65. The Hall–Kier alpha value is -2.23. The van der Waals surface area contributed by atoms with Crippen molar-refractivity contribution in [3.8, 4) is 0 Å². The lowest BCUT2D eigenvalue weighted by atomic mass is 10.0. The summed E-state index contributed by atoms with van der Waals surface area (Å²) in [5, 5.41) is 0. The number of nitrogen functional groups attached to an aromatic ring is 1. The lowest BCUT2D eigenvalue weighted by Crippen LogP contribution is -2.07. The minimum absolute atomic E-state index is 0.0145. The van der Waals surface area contributed by atoms with Crippen LogP contribution in [0.15, 0.2) is 42.5 Å². The second-order valence-corrected chi connectivity index (χ2v) is 3.94. The number of anilines is 1. The van der Waals surface area contributed by atoms with Crippen LogP contribution < -0.4 is 5.73 Å². The molecule has 0 spiro atoms. The number of benzene rings is 2. The fourth-order valence-corrected chi connectivity index (χ4v) is 1.65. The van der Waals surface area contributed by atoms with Crippen LogP contribution in [0.4, 0.5) is 14.5 Å². The van der Waals surface area contributed by atoms with E-state index in [-0.39, 0.29) is 29.3 Å². The maximum Gasteiger partial charge on any atom is 0.170 e. The van der Waals surface area contributed by atoms with Gasteiger partial charge in [0.2, 0.25) is 0 Å². The smallest absolute Gasteiger partial charge is 0.170 e. The first-order valence-corrected chi connectivity index (χ1v) is 5.39. The lowest BCUT2D eigenvalue weighted by molar-refractivity contribution is 0.0989. The van der Waals surface area contributed by atoms with Crippen molar-refractivity contribution in [1.29, 1.82) is 0 Å². The molecule has 0 saturated heterocycles. The third-order valence-corrected chi connectivity index (χ3v) is 2.61. The van der Waals surface area contributed by atoms with Crippen molar-refractivity contribution in [3.05, 3.63) is 65.2 Å². The molecule has 0 bridgehead atoms. The second kappa shape index (κ2) is 4.96. The average molecular weight is 247 g/mol. The molecule has 2 nitrogen and oxygen atoms in total. The molecule has 0 heterocycles. The zero-order chi connectivity index (χ0) is 13.1. The number of hydrogen-bond acceptors (Lipinski definition) is 2. The van der Waals surface area contributed by atoms with Crippen molar-refractivity contribution in [2.24, 2.45) is 0 Å². The number of rotatable bonds is 3. The third-order valence-electron chi connectivity index (χ3n) is 2.61. The van der Waals surface area contributed by atoms with Crippen molar-refractivity contribution in [2.75, 3.05) is 5.73 Å². The molecule has 0 amide bonds. The van der Waals surface area contributed by atoms with Gasteiger partial charge in [0, 0.05) is 6.42 Å². The Morgan fingerprint density at radius 3 is 2.39 bits per heavy atom. The highest BCUT2D eigenvalue weighted by molar-refractivity contribution is 5.98. The summed E-state index contributed by atoms with van der Waals surface area (Å²) in [6.07, 6.45) is 0.0145. The third kappa shape index (κ3) is 2.53. The van der Waals surface area contributed by atoms with Crippen LogP contribution in [0, 0.1) is 11.6 Å². The Bertz CT molecular complexity index is 579. The molecule has 0 saturated carbocycles. The van der Waals surface area contributed by atoms with Gasteiger partial charge in [-0.2, -0.15) is 0 Å². The SMILES string of the molecule is Nc1cccc(C(=O)Cc2ccc(F)cc2)c1F. The standard InChI is InChI=1S/C14H11F2NO/c15-10-6-4-9(5-7-10)8-13(18)11-2-1-3-12(17)14(11)16/h1-7H,8,17H2. The molecule has 0 radical (unpaired) electrons. The van der Waals surface area contributed by atoms with Gasteiger partial charge in [-0.05, 0) is 29.8 Å². The molecule has 2 rings (SSSR count). The van der Waals surface area contributed by atoms with Gasteiger partial charge in [0.1, 0.15) is 5.82 Å². The summed E-state index contributed by atoms with van der Waals surface area (Å²) in [5.41, 5.74) is 5.92. The Kier molecular flexibility index (Phi) is 3.37. The van der Waals surface area contributed by atoms with E-state index in [9.17, 15) is 13.6 Å². The van der Waals surface area contributed by atoms with Crippen molar-refractivity contribution in [3.63, 3.8) is 0 Å². The number of carbonyl (C=O) groups excluding carboxylic acids is 1. The molecular formula is C14H11F2NO. The largest absolute Gasteiger partial charge is 0.396 e. The molecule has 0 fully saturated rings. The highest BCUT2D eigenvalue weighted by Gasteiger charge is 2.14. The maximum absolute atomic E-state index is 13.6. The minimum Gasteiger partial charge on any atom is -0.396 e. The predicted octanol–water partition coefficient (Wildman–Crippen LogP) is 2.97. The van der Waals surface area contributed by atoms with E-state index >= 15 is 0 Å². The van der Waals surface area contributed by atoms with Crippen LogP contribution in [0.25, 0.3) is 0 Å². The molecule has 92 valence electrons. The van der Waals surface area contributed by atoms with Gasteiger partial charge >= 0.3 is 0 Å². The van der Waals surface area contributed by atoms with Crippen LogP contribution in [-0.2, 0) is 6.42 Å². The summed E-state index contributed by atoms with van der Waals surface area (Å²) in [6, 6.07) is 9.82. The van der Waals surface area contributed by atoms with E-state index in [0.29, 0.717) is 5.56 Å². The van der Waals surface area contributed by atoms with Crippen molar-refractivity contribution in [1.82, 2.24) is 0 Å². The molecule has 0 aromatic heterocycles. The van der Waals surface area contributed by atoms with Crippen LogP contribution in [0.3, 0.4) is 0 Å². The highest BCUT2D eigenvalue weighted by atomic mass is 19.1.